The second kappa shape index (κ2) is 5.31. The highest BCUT2D eigenvalue weighted by Crippen LogP contribution is 2.07. The highest BCUT2D eigenvalue weighted by atomic mass is 16.5. The van der Waals surface area contributed by atoms with Gasteiger partial charge in [0, 0.05) is 0 Å². The van der Waals surface area contributed by atoms with E-state index >= 15 is 0 Å². The molecule has 4 nitrogen and oxygen atoms in total. The molecule has 0 aromatic heterocycles. The molecule has 0 bridgehead atoms. The van der Waals surface area contributed by atoms with Gasteiger partial charge in [0.25, 0.3) is 0 Å². The highest BCUT2D eigenvalue weighted by molar-refractivity contribution is 6.00. The summed E-state index contributed by atoms with van der Waals surface area (Å²) < 4.78 is 4.65. The third-order valence-corrected chi connectivity index (χ3v) is 1.69. The van der Waals surface area contributed by atoms with Crippen LogP contribution in [0.1, 0.15) is 20.8 Å². The molecule has 0 radical (unpaired) electrons. The van der Waals surface area contributed by atoms with Crippen LogP contribution in [0, 0.1) is 23.2 Å². The number of esters is 1. The third-order valence-electron chi connectivity index (χ3n) is 1.69. The van der Waals surface area contributed by atoms with Gasteiger partial charge in [-0.15, -0.1) is 0 Å². The summed E-state index contributed by atoms with van der Waals surface area (Å²) in [6.07, 6.45) is 0. The minimum atomic E-state index is -0.838. The van der Waals surface area contributed by atoms with Crippen LogP contribution in [0.5, 0.6) is 0 Å². The molecule has 0 aliphatic heterocycles. The van der Waals surface area contributed by atoms with Crippen LogP contribution in [-0.4, -0.2) is 18.4 Å². The lowest BCUT2D eigenvalue weighted by atomic mass is 9.97. The third kappa shape index (κ3) is 3.24. The van der Waals surface area contributed by atoms with Gasteiger partial charge in [-0.1, -0.05) is 0 Å². The Kier molecular flexibility index (Phi) is 4.75. The number of ketones is 1. The van der Waals surface area contributed by atoms with Crippen molar-refractivity contribution < 1.29 is 14.3 Å². The Labute approximate surface area is 77.5 Å². The lowest BCUT2D eigenvalue weighted by molar-refractivity contribution is -0.151. The quantitative estimate of drug-likeness (QED) is 0.480. The van der Waals surface area contributed by atoms with E-state index in [-0.39, 0.29) is 12.4 Å². The van der Waals surface area contributed by atoms with Crippen LogP contribution in [0.4, 0.5) is 0 Å². The molecule has 0 fully saturated rings. The number of nitrogens with zero attached hydrogens (tertiary/aromatic N) is 1. The Morgan fingerprint density at radius 1 is 1.46 bits per heavy atom. The topological polar surface area (TPSA) is 67.2 Å². The number of ether oxygens (including phenoxy) is 1. The van der Waals surface area contributed by atoms with E-state index in [2.05, 4.69) is 4.74 Å². The fourth-order valence-corrected chi connectivity index (χ4v) is 0.822. The maximum atomic E-state index is 11.3. The number of nitriles is 1. The second-order valence-corrected chi connectivity index (χ2v) is 2.73. The van der Waals surface area contributed by atoms with Crippen molar-refractivity contribution in [3.63, 3.8) is 0 Å². The van der Waals surface area contributed by atoms with E-state index in [1.54, 1.807) is 13.0 Å². The zero-order valence-electron chi connectivity index (χ0n) is 8.03. The van der Waals surface area contributed by atoms with Crippen molar-refractivity contribution in [1.29, 1.82) is 5.26 Å². The van der Waals surface area contributed by atoms with Crippen molar-refractivity contribution in [3.05, 3.63) is 0 Å². The first-order valence-electron chi connectivity index (χ1n) is 4.14. The Morgan fingerprint density at radius 3 is 2.38 bits per heavy atom. The summed E-state index contributed by atoms with van der Waals surface area (Å²) in [4.78, 5) is 22.3. The van der Waals surface area contributed by atoms with Crippen molar-refractivity contribution >= 4 is 11.8 Å². The van der Waals surface area contributed by atoms with Crippen LogP contribution in [-0.2, 0) is 14.3 Å². The molecule has 0 saturated heterocycles. The number of hydrogen-bond donors (Lipinski definition) is 0. The SMILES string of the molecule is CCOC(=O)C(C)C(=O)C(C)C#N. The Morgan fingerprint density at radius 2 is 2.00 bits per heavy atom. The Balaban J connectivity index is 4.27. The van der Waals surface area contributed by atoms with Crippen molar-refractivity contribution in [3.8, 4) is 6.07 Å². The fraction of sp³-hybridized carbons (Fsp3) is 0.667. The van der Waals surface area contributed by atoms with Crippen LogP contribution < -0.4 is 0 Å². The molecule has 0 rings (SSSR count). The largest absolute Gasteiger partial charge is 0.465 e. The number of rotatable bonds is 4. The first-order chi connectivity index (χ1) is 6.04. The number of carbonyl (C=O) groups excluding carboxylic acids is 2. The van der Waals surface area contributed by atoms with Gasteiger partial charge in [0.05, 0.1) is 12.7 Å². The van der Waals surface area contributed by atoms with Crippen molar-refractivity contribution in [2.24, 2.45) is 11.8 Å². The molecular weight excluding hydrogens is 170 g/mol. The summed E-state index contributed by atoms with van der Waals surface area (Å²) >= 11 is 0. The Bertz CT molecular complexity index is 242. The van der Waals surface area contributed by atoms with Gasteiger partial charge in [-0.25, -0.2) is 0 Å². The van der Waals surface area contributed by atoms with Gasteiger partial charge in [0.2, 0.25) is 0 Å². The lowest BCUT2D eigenvalue weighted by Crippen LogP contribution is -2.27. The molecular formula is C9H13NO3. The average Bonchev–Trinajstić information content (AvgIpc) is 2.14. The van der Waals surface area contributed by atoms with Crippen molar-refractivity contribution in [2.75, 3.05) is 6.61 Å². The monoisotopic (exact) mass is 183 g/mol. The maximum absolute atomic E-state index is 11.3. The predicted octanol–water partition coefficient (Wildman–Crippen LogP) is 0.914. The molecule has 0 spiro atoms. The molecule has 0 heterocycles. The summed E-state index contributed by atoms with van der Waals surface area (Å²) in [5.74, 6) is -2.54. The molecule has 72 valence electrons. The fourth-order valence-electron chi connectivity index (χ4n) is 0.822. The first kappa shape index (κ1) is 11.6. The number of Topliss-reactive ketones (excluding diaryl/α,β-unsaturated/α-hetero) is 1. The molecule has 0 aromatic carbocycles. The molecule has 2 unspecified atom stereocenters. The van der Waals surface area contributed by atoms with Crippen molar-refractivity contribution in [1.82, 2.24) is 0 Å². The molecule has 0 saturated carbocycles. The van der Waals surface area contributed by atoms with E-state index < -0.39 is 17.8 Å². The van der Waals surface area contributed by atoms with Crippen LogP contribution in [0.2, 0.25) is 0 Å². The van der Waals surface area contributed by atoms with E-state index in [0.29, 0.717) is 0 Å². The van der Waals surface area contributed by atoms with Gasteiger partial charge in [-0.2, -0.15) is 5.26 Å². The van der Waals surface area contributed by atoms with Crippen LogP contribution >= 0.6 is 0 Å². The average molecular weight is 183 g/mol. The minimum Gasteiger partial charge on any atom is -0.465 e. The molecule has 0 N–H and O–H groups in total. The first-order valence-corrected chi connectivity index (χ1v) is 4.14. The van der Waals surface area contributed by atoms with Gasteiger partial charge in [-0.3, -0.25) is 9.59 Å². The van der Waals surface area contributed by atoms with Crippen LogP contribution in [0.15, 0.2) is 0 Å². The standard InChI is InChI=1S/C9H13NO3/c1-4-13-9(12)7(3)8(11)6(2)5-10/h6-7H,4H2,1-3H3. The summed E-state index contributed by atoms with van der Waals surface area (Å²) in [6, 6.07) is 1.79. The smallest absolute Gasteiger partial charge is 0.316 e. The number of hydrogen-bond acceptors (Lipinski definition) is 4. The normalized spacial score (nSPS) is 14.0. The second-order valence-electron chi connectivity index (χ2n) is 2.73. The zero-order chi connectivity index (χ0) is 10.4. The lowest BCUT2D eigenvalue weighted by Gasteiger charge is -2.09. The molecule has 13 heavy (non-hydrogen) atoms. The van der Waals surface area contributed by atoms with E-state index in [0.717, 1.165) is 0 Å². The zero-order valence-corrected chi connectivity index (χ0v) is 8.03. The van der Waals surface area contributed by atoms with E-state index in [1.807, 2.05) is 0 Å². The van der Waals surface area contributed by atoms with Gasteiger partial charge in [0.15, 0.2) is 5.78 Å². The summed E-state index contributed by atoms with van der Waals surface area (Å²) in [5, 5.41) is 8.44. The summed E-state index contributed by atoms with van der Waals surface area (Å²) in [5.41, 5.74) is 0. The maximum Gasteiger partial charge on any atom is 0.316 e. The minimum absolute atomic E-state index is 0.247. The van der Waals surface area contributed by atoms with E-state index in [4.69, 9.17) is 5.26 Å². The van der Waals surface area contributed by atoms with E-state index in [1.165, 1.54) is 13.8 Å². The molecule has 4 heteroatoms. The molecule has 0 aromatic rings. The predicted molar refractivity (Wildman–Crippen MR) is 45.6 cm³/mol. The van der Waals surface area contributed by atoms with Gasteiger partial charge in [0.1, 0.15) is 11.8 Å². The van der Waals surface area contributed by atoms with Crippen molar-refractivity contribution in [2.45, 2.75) is 20.8 Å². The molecule has 2 atom stereocenters. The summed E-state index contributed by atoms with van der Waals surface area (Å²) in [6.45, 7) is 4.84. The van der Waals surface area contributed by atoms with Crippen LogP contribution in [0.25, 0.3) is 0 Å². The van der Waals surface area contributed by atoms with Gasteiger partial charge < -0.3 is 4.74 Å². The Hall–Kier alpha value is -1.37. The molecule has 0 amide bonds. The van der Waals surface area contributed by atoms with Gasteiger partial charge in [-0.05, 0) is 20.8 Å². The highest BCUT2D eigenvalue weighted by Gasteiger charge is 2.26. The number of carbonyl (C=O) groups is 2. The van der Waals surface area contributed by atoms with E-state index in [9.17, 15) is 9.59 Å². The van der Waals surface area contributed by atoms with Crippen LogP contribution in [0.3, 0.4) is 0 Å². The molecule has 0 aliphatic carbocycles. The van der Waals surface area contributed by atoms with Gasteiger partial charge >= 0.3 is 5.97 Å². The summed E-state index contributed by atoms with van der Waals surface area (Å²) in [7, 11) is 0. The molecule has 0 aliphatic rings.